The van der Waals surface area contributed by atoms with Crippen LogP contribution in [-0.2, 0) is 0 Å². The lowest BCUT2D eigenvalue weighted by molar-refractivity contribution is 0.101. The third-order valence-corrected chi connectivity index (χ3v) is 4.29. The average molecular weight is 372 g/mol. The summed E-state index contributed by atoms with van der Waals surface area (Å²) in [6, 6.07) is 22.7. The van der Waals surface area contributed by atoms with E-state index in [1.807, 2.05) is 49.4 Å². The number of carbonyl (C=O) groups is 1. The number of benzene rings is 3. The monoisotopic (exact) mass is 372 g/mol. The van der Waals surface area contributed by atoms with Crippen molar-refractivity contribution in [2.75, 3.05) is 5.32 Å². The minimum absolute atomic E-state index is 0.0337. The molecule has 0 fully saturated rings. The van der Waals surface area contributed by atoms with Gasteiger partial charge in [0.2, 0.25) is 5.82 Å². The Morgan fingerprint density at radius 2 is 1.61 bits per heavy atom. The second kappa shape index (κ2) is 7.44. The summed E-state index contributed by atoms with van der Waals surface area (Å²) in [7, 11) is 0. The molecule has 138 valence electrons. The largest absolute Gasteiger partial charge is 0.319 e. The topological polar surface area (TPSA) is 59.8 Å². The molecule has 0 bridgehead atoms. The van der Waals surface area contributed by atoms with Gasteiger partial charge < -0.3 is 5.32 Å². The van der Waals surface area contributed by atoms with Gasteiger partial charge >= 0.3 is 0 Å². The Morgan fingerprint density at radius 1 is 0.929 bits per heavy atom. The summed E-state index contributed by atoms with van der Waals surface area (Å²) in [6.07, 6.45) is 0. The van der Waals surface area contributed by atoms with Gasteiger partial charge in [-0.1, -0.05) is 36.4 Å². The maximum absolute atomic E-state index is 13.4. The lowest BCUT2D eigenvalue weighted by atomic mass is 10.1. The van der Waals surface area contributed by atoms with Gasteiger partial charge in [-0.2, -0.15) is 0 Å². The van der Waals surface area contributed by atoms with Crippen molar-refractivity contribution in [3.05, 3.63) is 96.1 Å². The molecule has 0 aliphatic heterocycles. The maximum Gasteiger partial charge on any atom is 0.295 e. The molecule has 3 aromatic carbocycles. The third-order valence-electron chi connectivity index (χ3n) is 4.29. The molecule has 1 heterocycles. The zero-order valence-corrected chi connectivity index (χ0v) is 15.1. The van der Waals surface area contributed by atoms with Crippen molar-refractivity contribution in [2.45, 2.75) is 6.92 Å². The Kier molecular flexibility index (Phi) is 4.68. The van der Waals surface area contributed by atoms with Gasteiger partial charge in [0.05, 0.1) is 5.69 Å². The molecule has 0 unspecified atom stereocenters. The first kappa shape index (κ1) is 17.6. The van der Waals surface area contributed by atoms with Gasteiger partial charge in [0.1, 0.15) is 5.82 Å². The number of halogens is 1. The smallest absolute Gasteiger partial charge is 0.295 e. The van der Waals surface area contributed by atoms with Gasteiger partial charge in [-0.25, -0.2) is 14.1 Å². The highest BCUT2D eigenvalue weighted by atomic mass is 19.1. The average Bonchev–Trinajstić information content (AvgIpc) is 3.15. The number of hydrogen-bond acceptors (Lipinski definition) is 3. The van der Waals surface area contributed by atoms with Gasteiger partial charge in [-0.3, -0.25) is 4.79 Å². The number of hydrogen-bond donors (Lipinski definition) is 1. The molecule has 0 radical (unpaired) electrons. The predicted octanol–water partition coefficient (Wildman–Crippen LogP) is 4.63. The number of para-hydroxylation sites is 2. The lowest BCUT2D eigenvalue weighted by Crippen LogP contribution is -2.14. The van der Waals surface area contributed by atoms with Crippen molar-refractivity contribution in [1.29, 1.82) is 0 Å². The number of anilines is 1. The molecule has 1 N–H and O–H groups in total. The highest BCUT2D eigenvalue weighted by Gasteiger charge is 2.19. The predicted molar refractivity (Wildman–Crippen MR) is 106 cm³/mol. The maximum atomic E-state index is 13.4. The number of nitrogens with one attached hydrogen (secondary N) is 1. The standard InChI is InChI=1S/C22H17FN4O/c1-15-7-5-6-10-19(15)27-21(16-11-13-17(23)14-12-16)25-20(26-27)22(28)24-18-8-3-2-4-9-18/h2-14H,1H3,(H,24,28). The number of rotatable bonds is 4. The van der Waals surface area contributed by atoms with E-state index >= 15 is 0 Å². The van der Waals surface area contributed by atoms with Gasteiger partial charge in [0.25, 0.3) is 5.91 Å². The molecule has 4 aromatic rings. The van der Waals surface area contributed by atoms with Crippen LogP contribution in [0.25, 0.3) is 17.1 Å². The molecule has 6 heteroatoms. The lowest BCUT2D eigenvalue weighted by Gasteiger charge is -2.08. The molecule has 0 aliphatic carbocycles. The van der Waals surface area contributed by atoms with Crippen molar-refractivity contribution in [3.63, 3.8) is 0 Å². The third kappa shape index (κ3) is 3.53. The summed E-state index contributed by atoms with van der Waals surface area (Å²) in [5, 5.41) is 7.22. The van der Waals surface area contributed by atoms with E-state index in [-0.39, 0.29) is 11.6 Å². The fourth-order valence-electron chi connectivity index (χ4n) is 2.87. The summed E-state index contributed by atoms with van der Waals surface area (Å²) >= 11 is 0. The van der Waals surface area contributed by atoms with Gasteiger partial charge in [-0.05, 0) is 55.0 Å². The normalized spacial score (nSPS) is 10.6. The molecule has 0 atom stereocenters. The summed E-state index contributed by atoms with van der Waals surface area (Å²) in [5.41, 5.74) is 3.10. The van der Waals surface area contributed by atoms with Crippen LogP contribution >= 0.6 is 0 Å². The van der Waals surface area contributed by atoms with Crippen molar-refractivity contribution < 1.29 is 9.18 Å². The summed E-state index contributed by atoms with van der Waals surface area (Å²) in [6.45, 7) is 1.95. The molecule has 28 heavy (non-hydrogen) atoms. The Bertz CT molecular complexity index is 1120. The van der Waals surface area contributed by atoms with E-state index in [1.165, 1.54) is 12.1 Å². The first-order valence-electron chi connectivity index (χ1n) is 8.77. The van der Waals surface area contributed by atoms with Gasteiger partial charge in [0.15, 0.2) is 5.82 Å². The van der Waals surface area contributed by atoms with Crippen LogP contribution in [0.2, 0.25) is 0 Å². The van der Waals surface area contributed by atoms with E-state index in [0.29, 0.717) is 17.1 Å². The Morgan fingerprint density at radius 3 is 2.32 bits per heavy atom. The quantitative estimate of drug-likeness (QED) is 0.568. The zero-order valence-electron chi connectivity index (χ0n) is 15.1. The van der Waals surface area contributed by atoms with Crippen molar-refractivity contribution in [1.82, 2.24) is 14.8 Å². The summed E-state index contributed by atoms with van der Waals surface area (Å²) < 4.78 is 15.0. The minimum atomic E-state index is -0.415. The SMILES string of the molecule is Cc1ccccc1-n1nc(C(=O)Nc2ccccc2)nc1-c1ccc(F)cc1. The van der Waals surface area contributed by atoms with E-state index < -0.39 is 5.91 Å². The number of aromatic nitrogens is 3. The molecule has 0 saturated heterocycles. The second-order valence-electron chi connectivity index (χ2n) is 6.28. The first-order chi connectivity index (χ1) is 13.6. The molecule has 0 saturated carbocycles. The van der Waals surface area contributed by atoms with Gasteiger partial charge in [-0.15, -0.1) is 5.10 Å². The van der Waals surface area contributed by atoms with Crippen LogP contribution in [0.1, 0.15) is 16.2 Å². The summed E-state index contributed by atoms with van der Waals surface area (Å²) in [5.74, 6) is -0.256. The summed E-state index contributed by atoms with van der Waals surface area (Å²) in [4.78, 5) is 17.1. The molecule has 0 spiro atoms. The zero-order chi connectivity index (χ0) is 19.5. The number of amides is 1. The van der Waals surface area contributed by atoms with Crippen molar-refractivity contribution in [2.24, 2.45) is 0 Å². The molecule has 1 amide bonds. The van der Waals surface area contributed by atoms with E-state index in [0.717, 1.165) is 11.3 Å². The number of carbonyl (C=O) groups excluding carboxylic acids is 1. The number of aryl methyl sites for hydroxylation is 1. The fourth-order valence-corrected chi connectivity index (χ4v) is 2.87. The van der Waals surface area contributed by atoms with Crippen LogP contribution < -0.4 is 5.32 Å². The Hall–Kier alpha value is -3.80. The van der Waals surface area contributed by atoms with Crippen molar-refractivity contribution in [3.8, 4) is 17.1 Å². The Balaban J connectivity index is 1.79. The highest BCUT2D eigenvalue weighted by Crippen LogP contribution is 2.23. The van der Waals surface area contributed by atoms with Crippen LogP contribution in [0.15, 0.2) is 78.9 Å². The van der Waals surface area contributed by atoms with Crippen LogP contribution in [0.4, 0.5) is 10.1 Å². The van der Waals surface area contributed by atoms with Crippen LogP contribution in [0, 0.1) is 12.7 Å². The van der Waals surface area contributed by atoms with Gasteiger partial charge in [0, 0.05) is 11.3 Å². The molecular weight excluding hydrogens is 355 g/mol. The van der Waals surface area contributed by atoms with E-state index in [1.54, 1.807) is 28.9 Å². The fraction of sp³-hybridized carbons (Fsp3) is 0.0455. The molecular formula is C22H17FN4O. The van der Waals surface area contributed by atoms with E-state index in [4.69, 9.17) is 0 Å². The van der Waals surface area contributed by atoms with E-state index in [9.17, 15) is 9.18 Å². The second-order valence-corrected chi connectivity index (χ2v) is 6.28. The van der Waals surface area contributed by atoms with Crippen LogP contribution in [-0.4, -0.2) is 20.7 Å². The highest BCUT2D eigenvalue weighted by molar-refractivity contribution is 6.01. The molecule has 0 aliphatic rings. The minimum Gasteiger partial charge on any atom is -0.319 e. The first-order valence-corrected chi connectivity index (χ1v) is 8.77. The molecule has 5 nitrogen and oxygen atoms in total. The van der Waals surface area contributed by atoms with Crippen LogP contribution in [0.5, 0.6) is 0 Å². The Labute approximate surface area is 161 Å². The van der Waals surface area contributed by atoms with E-state index in [2.05, 4.69) is 15.4 Å². The number of nitrogens with zero attached hydrogens (tertiary/aromatic N) is 3. The molecule has 4 rings (SSSR count). The van der Waals surface area contributed by atoms with Crippen LogP contribution in [0.3, 0.4) is 0 Å². The van der Waals surface area contributed by atoms with Crippen molar-refractivity contribution >= 4 is 11.6 Å². The molecule has 1 aromatic heterocycles.